The molecule has 0 spiro atoms. The van der Waals surface area contributed by atoms with E-state index < -0.39 is 0 Å². The Bertz CT molecular complexity index is 989. The fourth-order valence-corrected chi connectivity index (χ4v) is 4.71. The number of hydrogen-bond donors (Lipinski definition) is 1. The van der Waals surface area contributed by atoms with E-state index in [1.54, 1.807) is 22.9 Å². The molecule has 1 saturated heterocycles. The van der Waals surface area contributed by atoms with Crippen LogP contribution < -0.4 is 10.2 Å². The molecule has 4 rings (SSSR count). The smallest absolute Gasteiger partial charge is 0.230 e. The third kappa shape index (κ3) is 5.21. The summed E-state index contributed by atoms with van der Waals surface area (Å²) >= 11 is 3.14. The zero-order valence-electron chi connectivity index (χ0n) is 15.7. The first kappa shape index (κ1) is 19.6. The molecule has 0 radical (unpaired) electrons. The van der Waals surface area contributed by atoms with Crippen LogP contribution in [0.5, 0.6) is 0 Å². The molecule has 1 aliphatic heterocycles. The number of benzene rings is 1. The number of carbonyl (C=O) groups is 2. The van der Waals surface area contributed by atoms with Gasteiger partial charge in [-0.15, -0.1) is 23.1 Å². The quantitative estimate of drug-likeness (QED) is 0.577. The molecule has 6 nitrogen and oxygen atoms in total. The van der Waals surface area contributed by atoms with E-state index >= 15 is 0 Å². The molecule has 1 N–H and O–H groups in total. The normalized spacial score (nSPS) is 13.7. The minimum atomic E-state index is -0.120. The van der Waals surface area contributed by atoms with E-state index in [1.165, 1.54) is 16.9 Å². The number of carbonyl (C=O) groups excluding carboxylic acids is 2. The number of nitrogens with one attached hydrogen (secondary N) is 1. The lowest BCUT2D eigenvalue weighted by Gasteiger charge is -2.10. The topological polar surface area (TPSA) is 75.2 Å². The number of anilines is 2. The van der Waals surface area contributed by atoms with Crippen molar-refractivity contribution >= 4 is 45.7 Å². The van der Waals surface area contributed by atoms with Crippen molar-refractivity contribution in [1.82, 2.24) is 9.97 Å². The highest BCUT2D eigenvalue weighted by Gasteiger charge is 2.24. The SMILES string of the molecule is O=C(Cc1csc(N2CCCC2=O)n1)Nc1ccc(SCc2cccnc2)cc1. The van der Waals surface area contributed by atoms with Gasteiger partial charge in [0.25, 0.3) is 0 Å². The fourth-order valence-electron chi connectivity index (χ4n) is 3.01. The molecule has 0 unspecified atom stereocenters. The number of thioether (sulfide) groups is 1. The Morgan fingerprint density at radius 3 is 2.83 bits per heavy atom. The Balaban J connectivity index is 1.28. The third-order valence-corrected chi connectivity index (χ3v) is 6.45. The second-order valence-corrected chi connectivity index (χ2v) is 8.55. The van der Waals surface area contributed by atoms with Gasteiger partial charge < -0.3 is 5.32 Å². The van der Waals surface area contributed by atoms with Gasteiger partial charge in [-0.3, -0.25) is 19.5 Å². The molecule has 29 heavy (non-hydrogen) atoms. The molecule has 2 amide bonds. The Labute approximate surface area is 177 Å². The van der Waals surface area contributed by atoms with Gasteiger partial charge in [0.1, 0.15) is 0 Å². The maximum atomic E-state index is 12.3. The van der Waals surface area contributed by atoms with E-state index in [9.17, 15) is 9.59 Å². The molecule has 1 aliphatic rings. The van der Waals surface area contributed by atoms with Crippen molar-refractivity contribution < 1.29 is 9.59 Å². The number of thiazole rings is 1. The molecule has 8 heteroatoms. The van der Waals surface area contributed by atoms with E-state index in [-0.39, 0.29) is 18.2 Å². The second-order valence-electron chi connectivity index (χ2n) is 6.67. The molecular weight excluding hydrogens is 404 g/mol. The average molecular weight is 425 g/mol. The third-order valence-electron chi connectivity index (χ3n) is 4.45. The van der Waals surface area contributed by atoms with Gasteiger partial charge in [0.2, 0.25) is 11.8 Å². The minimum Gasteiger partial charge on any atom is -0.326 e. The first-order valence-electron chi connectivity index (χ1n) is 9.34. The van der Waals surface area contributed by atoms with Crippen molar-refractivity contribution in [3.8, 4) is 0 Å². The lowest BCUT2D eigenvalue weighted by molar-refractivity contribution is -0.117. The molecule has 3 heterocycles. The zero-order chi connectivity index (χ0) is 20.1. The maximum Gasteiger partial charge on any atom is 0.230 e. The minimum absolute atomic E-state index is 0.108. The summed E-state index contributed by atoms with van der Waals surface area (Å²) < 4.78 is 0. The molecule has 1 aromatic carbocycles. The van der Waals surface area contributed by atoms with Crippen molar-refractivity contribution in [3.05, 3.63) is 65.4 Å². The van der Waals surface area contributed by atoms with Crippen LogP contribution in [0.3, 0.4) is 0 Å². The predicted molar refractivity (Wildman–Crippen MR) is 116 cm³/mol. The molecule has 0 aliphatic carbocycles. The van der Waals surface area contributed by atoms with Gasteiger partial charge in [0.05, 0.1) is 12.1 Å². The Morgan fingerprint density at radius 1 is 1.24 bits per heavy atom. The van der Waals surface area contributed by atoms with Crippen LogP contribution in [0.2, 0.25) is 0 Å². The zero-order valence-corrected chi connectivity index (χ0v) is 17.3. The van der Waals surface area contributed by atoms with Crippen LogP contribution in [0.25, 0.3) is 0 Å². The fraction of sp³-hybridized carbons (Fsp3) is 0.238. The summed E-state index contributed by atoms with van der Waals surface area (Å²) in [5.41, 5.74) is 2.62. The Kier molecular flexibility index (Phi) is 6.21. The van der Waals surface area contributed by atoms with E-state index in [4.69, 9.17) is 0 Å². The predicted octanol–water partition coefficient (Wildman–Crippen LogP) is 4.14. The van der Waals surface area contributed by atoms with Gasteiger partial charge in [-0.2, -0.15) is 0 Å². The number of nitrogens with zero attached hydrogens (tertiary/aromatic N) is 3. The van der Waals surface area contributed by atoms with Gasteiger partial charge in [-0.25, -0.2) is 4.98 Å². The monoisotopic (exact) mass is 424 g/mol. The molecule has 0 saturated carbocycles. The first-order chi connectivity index (χ1) is 14.2. The second kappa shape index (κ2) is 9.19. The first-order valence-corrected chi connectivity index (χ1v) is 11.2. The van der Waals surface area contributed by atoms with E-state index in [2.05, 4.69) is 21.4 Å². The summed E-state index contributed by atoms with van der Waals surface area (Å²) in [5, 5.41) is 5.44. The van der Waals surface area contributed by atoms with Gasteiger partial charge in [-0.05, 0) is 42.3 Å². The van der Waals surface area contributed by atoms with Crippen molar-refractivity contribution in [1.29, 1.82) is 0 Å². The molecule has 148 valence electrons. The largest absolute Gasteiger partial charge is 0.326 e. The van der Waals surface area contributed by atoms with Crippen LogP contribution >= 0.6 is 23.1 Å². The van der Waals surface area contributed by atoms with Crippen LogP contribution in [0, 0.1) is 0 Å². The Hall–Kier alpha value is -2.71. The van der Waals surface area contributed by atoms with Crippen molar-refractivity contribution in [2.75, 3.05) is 16.8 Å². The molecule has 3 aromatic rings. The van der Waals surface area contributed by atoms with E-state index in [0.29, 0.717) is 23.8 Å². The number of pyridine rings is 1. The molecule has 1 fully saturated rings. The highest BCUT2D eigenvalue weighted by molar-refractivity contribution is 7.98. The number of hydrogen-bond acceptors (Lipinski definition) is 6. The van der Waals surface area contributed by atoms with Crippen molar-refractivity contribution in [3.63, 3.8) is 0 Å². The summed E-state index contributed by atoms with van der Waals surface area (Å²) in [6.45, 7) is 0.711. The highest BCUT2D eigenvalue weighted by atomic mass is 32.2. The van der Waals surface area contributed by atoms with Gasteiger partial charge in [0.15, 0.2) is 5.13 Å². The van der Waals surface area contributed by atoms with Gasteiger partial charge >= 0.3 is 0 Å². The molecule has 2 aromatic heterocycles. The van der Waals surface area contributed by atoms with Crippen LogP contribution in [-0.4, -0.2) is 28.3 Å². The summed E-state index contributed by atoms with van der Waals surface area (Å²) in [6, 6.07) is 11.8. The number of amides is 2. The highest BCUT2D eigenvalue weighted by Crippen LogP contribution is 2.26. The van der Waals surface area contributed by atoms with E-state index in [0.717, 1.165) is 22.8 Å². The van der Waals surface area contributed by atoms with Crippen LogP contribution in [-0.2, 0) is 21.8 Å². The summed E-state index contributed by atoms with van der Waals surface area (Å²) in [6.07, 6.45) is 5.27. The summed E-state index contributed by atoms with van der Waals surface area (Å²) in [5.74, 6) is 0.841. The molecule has 0 bridgehead atoms. The van der Waals surface area contributed by atoms with Crippen LogP contribution in [0.1, 0.15) is 24.1 Å². The molecular formula is C21H20N4O2S2. The number of rotatable bonds is 7. The summed E-state index contributed by atoms with van der Waals surface area (Å²) in [4.78, 5) is 35.5. The van der Waals surface area contributed by atoms with Crippen LogP contribution in [0.4, 0.5) is 10.8 Å². The van der Waals surface area contributed by atoms with Crippen molar-refractivity contribution in [2.45, 2.75) is 29.9 Å². The number of aromatic nitrogens is 2. The lowest BCUT2D eigenvalue weighted by atomic mass is 10.3. The molecule has 0 atom stereocenters. The van der Waals surface area contributed by atoms with E-state index in [1.807, 2.05) is 41.9 Å². The maximum absolute atomic E-state index is 12.3. The summed E-state index contributed by atoms with van der Waals surface area (Å²) in [7, 11) is 0. The Morgan fingerprint density at radius 2 is 2.10 bits per heavy atom. The van der Waals surface area contributed by atoms with Crippen molar-refractivity contribution in [2.24, 2.45) is 0 Å². The standard InChI is InChI=1S/C21H20N4O2S2/c26-19(11-17-14-29-21(24-17)25-10-2-4-20(25)27)23-16-5-7-18(8-6-16)28-13-15-3-1-9-22-12-15/h1,3,5-9,12,14H,2,4,10-11,13H2,(H,23,26). The lowest BCUT2D eigenvalue weighted by Crippen LogP contribution is -2.23. The average Bonchev–Trinajstić information content (AvgIpc) is 3.36. The van der Waals surface area contributed by atoms with Crippen LogP contribution in [0.15, 0.2) is 59.1 Å². The van der Waals surface area contributed by atoms with Gasteiger partial charge in [0, 0.05) is 47.1 Å². The van der Waals surface area contributed by atoms with Gasteiger partial charge in [-0.1, -0.05) is 6.07 Å².